The Morgan fingerprint density at radius 2 is 2.00 bits per heavy atom. The van der Waals surface area contributed by atoms with Gasteiger partial charge in [-0.25, -0.2) is 0 Å². The summed E-state index contributed by atoms with van der Waals surface area (Å²) >= 11 is -1.12. The summed E-state index contributed by atoms with van der Waals surface area (Å²) in [7, 11) is 0. The topological polar surface area (TPSA) is 58.9 Å². The van der Waals surface area contributed by atoms with Gasteiger partial charge < -0.3 is 4.55 Å². The molecule has 0 spiro atoms. The first-order valence-electron chi connectivity index (χ1n) is 6.56. The summed E-state index contributed by atoms with van der Waals surface area (Å²) in [6.07, 6.45) is 0.893. The first kappa shape index (κ1) is 14.4. The Labute approximate surface area is 118 Å². The van der Waals surface area contributed by atoms with Crippen LogP contribution in [0.3, 0.4) is 0 Å². The van der Waals surface area contributed by atoms with E-state index < -0.39 is 11.4 Å². The molecule has 0 saturated heterocycles. The van der Waals surface area contributed by atoms with E-state index in [0.29, 0.717) is 0 Å². The van der Waals surface area contributed by atoms with E-state index in [0.717, 1.165) is 12.0 Å². The monoisotopic (exact) mass is 276 g/mol. The third kappa shape index (κ3) is 3.50. The summed E-state index contributed by atoms with van der Waals surface area (Å²) in [5.74, 6) is 0.369. The number of benzene rings is 1. The van der Waals surface area contributed by atoms with Crippen molar-refractivity contribution in [1.29, 1.82) is 5.26 Å². The summed E-state index contributed by atoms with van der Waals surface area (Å²) in [6, 6.07) is 12.3. The van der Waals surface area contributed by atoms with E-state index in [4.69, 9.17) is 5.26 Å². The zero-order chi connectivity index (χ0) is 14.0. The Morgan fingerprint density at radius 1 is 1.37 bits per heavy atom. The van der Waals surface area contributed by atoms with Gasteiger partial charge in [0.1, 0.15) is 4.75 Å². The fourth-order valence-electron chi connectivity index (χ4n) is 2.09. The van der Waals surface area contributed by atoms with Crippen molar-refractivity contribution in [3.8, 4) is 6.07 Å². The fraction of sp³-hybridized carbons (Fsp3) is 0.533. The van der Waals surface area contributed by atoms with Crippen molar-refractivity contribution >= 4 is 11.4 Å². The summed E-state index contributed by atoms with van der Waals surface area (Å²) in [5, 5.41) is 9.01. The summed E-state index contributed by atoms with van der Waals surface area (Å²) in [4.78, 5) is 0. The van der Waals surface area contributed by atoms with Crippen LogP contribution >= 0.6 is 0 Å². The molecule has 2 rings (SSSR count). The van der Waals surface area contributed by atoms with Crippen LogP contribution in [0.2, 0.25) is 0 Å². The molecule has 1 unspecified atom stereocenters. The summed E-state index contributed by atoms with van der Waals surface area (Å²) in [5.41, 5.74) is 1.11. The third-order valence-electron chi connectivity index (χ3n) is 3.38. The molecule has 0 radical (unpaired) electrons. The molecule has 102 valence electrons. The van der Waals surface area contributed by atoms with E-state index in [1.165, 1.54) is 0 Å². The Morgan fingerprint density at radius 3 is 2.47 bits per heavy atom. The van der Waals surface area contributed by atoms with Crippen LogP contribution in [0, 0.1) is 23.2 Å². The standard InChI is InChI=1S/C15H20N2OS/c1-15(2,3)19(18)17-14(13-9-12(13)10-16)11-7-5-4-6-8-11/h4-8,12-14,17H,9H2,1-3H3/t12-,13+,14-,19?/m0/s1. The molecular weight excluding hydrogens is 256 g/mol. The van der Waals surface area contributed by atoms with Crippen molar-refractivity contribution in [2.45, 2.75) is 38.0 Å². The van der Waals surface area contributed by atoms with Gasteiger partial charge in [0.15, 0.2) is 0 Å². The van der Waals surface area contributed by atoms with Crippen molar-refractivity contribution in [3.63, 3.8) is 0 Å². The fourth-order valence-corrected chi connectivity index (χ4v) is 2.98. The molecule has 0 aliphatic heterocycles. The first-order chi connectivity index (χ1) is 8.93. The van der Waals surface area contributed by atoms with Crippen LogP contribution in [0.4, 0.5) is 0 Å². The van der Waals surface area contributed by atoms with Gasteiger partial charge in [-0.3, -0.25) is 0 Å². The highest BCUT2D eigenvalue weighted by Gasteiger charge is 2.46. The van der Waals surface area contributed by atoms with Gasteiger partial charge in [0.2, 0.25) is 0 Å². The number of nitriles is 1. The highest BCUT2D eigenvalue weighted by Crippen LogP contribution is 2.47. The second kappa shape index (κ2) is 5.54. The molecule has 1 aromatic carbocycles. The minimum Gasteiger partial charge on any atom is -0.598 e. The Bertz CT molecular complexity index is 463. The van der Waals surface area contributed by atoms with Crippen LogP contribution in [0.1, 0.15) is 38.8 Å². The van der Waals surface area contributed by atoms with Crippen LogP contribution in [0.5, 0.6) is 0 Å². The van der Waals surface area contributed by atoms with Crippen molar-refractivity contribution in [2.24, 2.45) is 11.8 Å². The molecule has 4 heteroatoms. The van der Waals surface area contributed by atoms with Gasteiger partial charge in [0, 0.05) is 11.4 Å². The van der Waals surface area contributed by atoms with Gasteiger partial charge in [-0.1, -0.05) is 30.3 Å². The molecule has 1 saturated carbocycles. The Hall–Kier alpha value is -1.02. The lowest BCUT2D eigenvalue weighted by Gasteiger charge is -2.28. The molecule has 1 aliphatic rings. The molecule has 19 heavy (non-hydrogen) atoms. The lowest BCUT2D eigenvalue weighted by Crippen LogP contribution is -2.42. The highest BCUT2D eigenvalue weighted by atomic mass is 32.2. The molecule has 0 bridgehead atoms. The first-order valence-corrected chi connectivity index (χ1v) is 7.71. The molecule has 0 heterocycles. The van der Waals surface area contributed by atoms with Crippen LogP contribution in [0.15, 0.2) is 30.3 Å². The van der Waals surface area contributed by atoms with Crippen molar-refractivity contribution < 1.29 is 4.55 Å². The van der Waals surface area contributed by atoms with Gasteiger partial charge in [0.25, 0.3) is 0 Å². The molecule has 4 atom stereocenters. The predicted molar refractivity (Wildman–Crippen MR) is 77.4 cm³/mol. The van der Waals surface area contributed by atoms with E-state index in [1.54, 1.807) is 0 Å². The van der Waals surface area contributed by atoms with Crippen LogP contribution in [-0.2, 0) is 11.4 Å². The molecule has 1 N–H and O–H groups in total. The van der Waals surface area contributed by atoms with E-state index in [2.05, 4.69) is 10.8 Å². The zero-order valence-corrected chi connectivity index (χ0v) is 12.4. The number of hydrogen-bond acceptors (Lipinski definition) is 3. The normalized spacial score (nSPS) is 25.4. The van der Waals surface area contributed by atoms with Crippen molar-refractivity contribution in [3.05, 3.63) is 35.9 Å². The average Bonchev–Trinajstić information content (AvgIpc) is 3.14. The average molecular weight is 276 g/mol. The van der Waals surface area contributed by atoms with Crippen LogP contribution < -0.4 is 4.72 Å². The van der Waals surface area contributed by atoms with Crippen LogP contribution in [-0.4, -0.2) is 9.30 Å². The summed E-state index contributed by atoms with van der Waals surface area (Å²) in [6.45, 7) is 5.85. The maximum Gasteiger partial charge on any atom is 0.136 e. The molecule has 1 aromatic rings. The molecule has 0 amide bonds. The number of hydrogen-bond donors (Lipinski definition) is 1. The largest absolute Gasteiger partial charge is 0.598 e. The number of rotatable bonds is 4. The minimum absolute atomic E-state index is 0.00547. The maximum atomic E-state index is 12.3. The van der Waals surface area contributed by atoms with E-state index in [-0.39, 0.29) is 22.6 Å². The summed E-state index contributed by atoms with van der Waals surface area (Å²) < 4.78 is 15.2. The van der Waals surface area contributed by atoms with Gasteiger partial charge in [0.05, 0.1) is 18.0 Å². The van der Waals surface area contributed by atoms with Crippen molar-refractivity contribution in [2.75, 3.05) is 0 Å². The second-order valence-electron chi connectivity index (χ2n) is 6.02. The predicted octanol–water partition coefficient (Wildman–Crippen LogP) is 2.94. The number of nitrogens with zero attached hydrogens (tertiary/aromatic N) is 1. The molecule has 1 aliphatic carbocycles. The lowest BCUT2D eigenvalue weighted by molar-refractivity contribution is 0.498. The van der Waals surface area contributed by atoms with Gasteiger partial charge in [-0.15, -0.1) is 4.72 Å². The quantitative estimate of drug-likeness (QED) is 0.860. The van der Waals surface area contributed by atoms with Gasteiger partial charge in [-0.05, 0) is 38.7 Å². The minimum atomic E-state index is -1.12. The van der Waals surface area contributed by atoms with Crippen LogP contribution in [0.25, 0.3) is 0 Å². The lowest BCUT2D eigenvalue weighted by atomic mass is 10.0. The van der Waals surface area contributed by atoms with Crippen molar-refractivity contribution in [1.82, 2.24) is 4.72 Å². The third-order valence-corrected chi connectivity index (χ3v) is 4.96. The maximum absolute atomic E-state index is 12.3. The van der Waals surface area contributed by atoms with Gasteiger partial charge in [-0.2, -0.15) is 5.26 Å². The van der Waals surface area contributed by atoms with E-state index >= 15 is 0 Å². The Kier molecular flexibility index (Phi) is 4.19. The second-order valence-corrected chi connectivity index (χ2v) is 8.02. The zero-order valence-electron chi connectivity index (χ0n) is 11.6. The van der Waals surface area contributed by atoms with Gasteiger partial charge >= 0.3 is 0 Å². The highest BCUT2D eigenvalue weighted by molar-refractivity contribution is 7.90. The molecule has 0 aromatic heterocycles. The smallest absolute Gasteiger partial charge is 0.136 e. The Balaban J connectivity index is 2.15. The molecule has 1 fully saturated rings. The van der Waals surface area contributed by atoms with E-state index in [1.807, 2.05) is 51.1 Å². The molecular formula is C15H20N2OS. The van der Waals surface area contributed by atoms with E-state index in [9.17, 15) is 4.55 Å². The number of nitrogens with one attached hydrogen (secondary N) is 1. The molecule has 3 nitrogen and oxygen atoms in total. The SMILES string of the molecule is CC(C)(C)[S+]([O-])N[C@@H](c1ccccc1)[C@@H]1C[C@H]1C#N.